The lowest BCUT2D eigenvalue weighted by atomic mass is 10.0. The Morgan fingerprint density at radius 1 is 1.03 bits per heavy atom. The number of nitrogens with zero attached hydrogens (tertiary/aromatic N) is 3. The van der Waals surface area contributed by atoms with Crippen molar-refractivity contribution >= 4 is 38.6 Å². The minimum absolute atomic E-state index is 0.218. The normalized spacial score (nSPS) is 15.5. The molecule has 3 aromatic carbocycles. The van der Waals surface area contributed by atoms with Gasteiger partial charge in [0, 0.05) is 27.9 Å². The van der Waals surface area contributed by atoms with Crippen LogP contribution in [-0.4, -0.2) is 21.8 Å². The summed E-state index contributed by atoms with van der Waals surface area (Å²) >= 11 is 3.36. The number of pyridine rings is 1. The summed E-state index contributed by atoms with van der Waals surface area (Å²) in [5, 5.41) is 6.43. The minimum Gasteiger partial charge on any atom is -0.446 e. The number of ether oxygens (including phenoxy) is 1. The molecule has 1 aromatic heterocycles. The molecule has 158 valence electrons. The van der Waals surface area contributed by atoms with Crippen molar-refractivity contribution in [1.29, 1.82) is 0 Å². The highest BCUT2D eigenvalue weighted by Crippen LogP contribution is 2.35. The van der Waals surface area contributed by atoms with Gasteiger partial charge < -0.3 is 4.74 Å². The maximum Gasteiger partial charge on any atom is 0.243 e. The maximum atomic E-state index is 14.6. The quantitative estimate of drug-likeness (QED) is 0.352. The number of rotatable bonds is 3. The Morgan fingerprint density at radius 2 is 1.78 bits per heavy atom. The van der Waals surface area contributed by atoms with Crippen molar-refractivity contribution < 1.29 is 13.9 Å². The molecule has 1 unspecified atom stereocenters. The molecular weight excluding hydrogens is 473 g/mol. The fourth-order valence-electron chi connectivity index (χ4n) is 3.69. The summed E-state index contributed by atoms with van der Waals surface area (Å²) in [5.74, 6) is -0.600. The van der Waals surface area contributed by atoms with Gasteiger partial charge in [0.05, 0.1) is 16.8 Å². The summed E-state index contributed by atoms with van der Waals surface area (Å²) in [4.78, 5) is 17.1. The van der Waals surface area contributed by atoms with Crippen LogP contribution in [-0.2, 0) is 9.53 Å². The highest BCUT2D eigenvalue weighted by atomic mass is 79.9. The molecule has 1 atom stereocenters. The van der Waals surface area contributed by atoms with Crippen LogP contribution in [0.15, 0.2) is 88.4 Å². The van der Waals surface area contributed by atoms with E-state index in [-0.39, 0.29) is 17.4 Å². The third kappa shape index (κ3) is 3.65. The van der Waals surface area contributed by atoms with Crippen LogP contribution >= 0.6 is 15.9 Å². The zero-order valence-corrected chi connectivity index (χ0v) is 18.6. The van der Waals surface area contributed by atoms with Crippen LogP contribution in [0.3, 0.4) is 0 Å². The Labute approximate surface area is 192 Å². The second-order valence-corrected chi connectivity index (χ2v) is 8.26. The molecule has 0 aliphatic carbocycles. The van der Waals surface area contributed by atoms with E-state index in [1.165, 1.54) is 13.0 Å². The largest absolute Gasteiger partial charge is 0.446 e. The summed E-state index contributed by atoms with van der Waals surface area (Å²) in [5.41, 5.74) is 3.35. The highest BCUT2D eigenvalue weighted by Gasteiger charge is 2.35. The SMILES string of the molecule is CC(=O)N1N=C(c2cc(-c3ccccc3)nc3ccccc23)OC1c1cc(Br)ccc1F. The molecule has 2 heterocycles. The molecule has 0 saturated carbocycles. The van der Waals surface area contributed by atoms with Crippen LogP contribution < -0.4 is 0 Å². The fourth-order valence-corrected chi connectivity index (χ4v) is 4.07. The molecule has 4 aromatic rings. The first kappa shape index (κ1) is 20.3. The van der Waals surface area contributed by atoms with Gasteiger partial charge in [0.2, 0.25) is 18.0 Å². The number of para-hydroxylation sites is 1. The molecule has 0 N–H and O–H groups in total. The van der Waals surface area contributed by atoms with E-state index in [0.717, 1.165) is 27.2 Å². The van der Waals surface area contributed by atoms with Crippen molar-refractivity contribution in [2.75, 3.05) is 0 Å². The van der Waals surface area contributed by atoms with Gasteiger partial charge >= 0.3 is 0 Å². The molecule has 1 amide bonds. The number of halogens is 2. The maximum absolute atomic E-state index is 14.6. The molecule has 5 nitrogen and oxygen atoms in total. The number of hydrogen-bond donors (Lipinski definition) is 0. The molecule has 5 rings (SSSR count). The lowest BCUT2D eigenvalue weighted by Crippen LogP contribution is -2.26. The van der Waals surface area contributed by atoms with Crippen molar-refractivity contribution in [3.05, 3.63) is 100 Å². The van der Waals surface area contributed by atoms with E-state index in [1.807, 2.05) is 60.7 Å². The standard InChI is InChI=1S/C25H17BrFN3O2/c1-15(31)30-25(20-13-17(26)11-12-21(20)27)32-24(29-30)19-14-23(16-7-3-2-4-8-16)28-22-10-6-5-9-18(19)22/h2-14,25H,1H3. The Balaban J connectivity index is 1.66. The number of benzene rings is 3. The number of fused-ring (bicyclic) bond motifs is 1. The van der Waals surface area contributed by atoms with E-state index in [4.69, 9.17) is 9.72 Å². The van der Waals surface area contributed by atoms with Crippen molar-refractivity contribution in [1.82, 2.24) is 9.99 Å². The van der Waals surface area contributed by atoms with E-state index in [0.29, 0.717) is 10.0 Å². The number of hydrazone groups is 1. The first-order valence-corrected chi connectivity index (χ1v) is 10.8. The topological polar surface area (TPSA) is 54.8 Å². The number of carbonyl (C=O) groups is 1. The van der Waals surface area contributed by atoms with Gasteiger partial charge in [0.25, 0.3) is 0 Å². The zero-order chi connectivity index (χ0) is 22.2. The van der Waals surface area contributed by atoms with Crippen LogP contribution in [0.25, 0.3) is 22.2 Å². The molecule has 7 heteroatoms. The van der Waals surface area contributed by atoms with Gasteiger partial charge in [-0.2, -0.15) is 5.01 Å². The van der Waals surface area contributed by atoms with Crippen LogP contribution in [0, 0.1) is 5.82 Å². The Kier molecular flexibility index (Phi) is 5.19. The third-order valence-electron chi connectivity index (χ3n) is 5.21. The van der Waals surface area contributed by atoms with Gasteiger partial charge in [-0.1, -0.05) is 64.5 Å². The average molecular weight is 490 g/mol. The van der Waals surface area contributed by atoms with Crippen molar-refractivity contribution in [2.45, 2.75) is 13.2 Å². The molecule has 0 saturated heterocycles. The van der Waals surface area contributed by atoms with E-state index < -0.39 is 12.0 Å². The van der Waals surface area contributed by atoms with Gasteiger partial charge in [-0.3, -0.25) is 4.79 Å². The lowest BCUT2D eigenvalue weighted by Gasteiger charge is -2.20. The zero-order valence-electron chi connectivity index (χ0n) is 17.0. The van der Waals surface area contributed by atoms with Gasteiger partial charge in [0.1, 0.15) is 5.82 Å². The number of amides is 1. The van der Waals surface area contributed by atoms with Gasteiger partial charge in [-0.25, -0.2) is 9.37 Å². The van der Waals surface area contributed by atoms with E-state index in [9.17, 15) is 9.18 Å². The van der Waals surface area contributed by atoms with E-state index in [1.54, 1.807) is 12.1 Å². The summed E-state index contributed by atoms with van der Waals surface area (Å²) in [7, 11) is 0. The number of aromatic nitrogens is 1. The van der Waals surface area contributed by atoms with Gasteiger partial charge in [-0.05, 0) is 30.3 Å². The molecule has 32 heavy (non-hydrogen) atoms. The second kappa shape index (κ2) is 8.16. The monoisotopic (exact) mass is 489 g/mol. The number of carbonyl (C=O) groups excluding carboxylic acids is 1. The first-order chi connectivity index (χ1) is 15.5. The Hall–Kier alpha value is -3.58. The summed E-state index contributed by atoms with van der Waals surface area (Å²) < 4.78 is 21.4. The predicted octanol–water partition coefficient (Wildman–Crippen LogP) is 6.04. The molecule has 0 bridgehead atoms. The van der Waals surface area contributed by atoms with E-state index >= 15 is 0 Å². The lowest BCUT2D eigenvalue weighted by molar-refractivity contribution is -0.135. The van der Waals surface area contributed by atoms with Crippen molar-refractivity contribution in [3.63, 3.8) is 0 Å². The molecular formula is C25H17BrFN3O2. The Morgan fingerprint density at radius 3 is 2.56 bits per heavy atom. The molecule has 0 radical (unpaired) electrons. The molecule has 0 fully saturated rings. The Bertz CT molecular complexity index is 1370. The van der Waals surface area contributed by atoms with Crippen LogP contribution in [0.2, 0.25) is 0 Å². The molecule has 1 aliphatic heterocycles. The predicted molar refractivity (Wildman–Crippen MR) is 124 cm³/mol. The van der Waals surface area contributed by atoms with Crippen molar-refractivity contribution in [2.24, 2.45) is 5.10 Å². The van der Waals surface area contributed by atoms with Gasteiger partial charge in [0.15, 0.2) is 0 Å². The minimum atomic E-state index is -1.01. The summed E-state index contributed by atoms with van der Waals surface area (Å²) in [6.45, 7) is 1.37. The summed E-state index contributed by atoms with van der Waals surface area (Å²) in [6.07, 6.45) is -1.01. The van der Waals surface area contributed by atoms with Gasteiger partial charge in [-0.15, -0.1) is 5.10 Å². The van der Waals surface area contributed by atoms with Crippen LogP contribution in [0.1, 0.15) is 24.3 Å². The summed E-state index contributed by atoms with van der Waals surface area (Å²) in [6, 6.07) is 23.8. The second-order valence-electron chi connectivity index (χ2n) is 7.34. The molecule has 1 aliphatic rings. The van der Waals surface area contributed by atoms with Crippen LogP contribution in [0.4, 0.5) is 4.39 Å². The third-order valence-corrected chi connectivity index (χ3v) is 5.70. The number of hydrogen-bond acceptors (Lipinski definition) is 4. The molecule has 0 spiro atoms. The first-order valence-electron chi connectivity index (χ1n) is 9.97. The fraction of sp³-hybridized carbons (Fsp3) is 0.0800. The smallest absolute Gasteiger partial charge is 0.243 e. The van der Waals surface area contributed by atoms with Crippen molar-refractivity contribution in [3.8, 4) is 11.3 Å². The van der Waals surface area contributed by atoms with Crippen LogP contribution in [0.5, 0.6) is 0 Å². The highest BCUT2D eigenvalue weighted by molar-refractivity contribution is 9.10. The van der Waals surface area contributed by atoms with E-state index in [2.05, 4.69) is 21.0 Å². The average Bonchev–Trinajstić information content (AvgIpc) is 3.26.